The SMILES string of the molecule is CNC(C)(C)c1cncn1CCCCCOC. The Morgan fingerprint density at radius 3 is 2.76 bits per heavy atom. The first kappa shape index (κ1) is 14.2. The molecule has 4 heteroatoms. The van der Waals surface area contributed by atoms with Gasteiger partial charge in [0.25, 0.3) is 0 Å². The molecule has 0 unspecified atom stereocenters. The van der Waals surface area contributed by atoms with Crippen LogP contribution in [-0.2, 0) is 16.8 Å². The summed E-state index contributed by atoms with van der Waals surface area (Å²) in [6.45, 7) is 6.24. The summed E-state index contributed by atoms with van der Waals surface area (Å²) in [4.78, 5) is 4.25. The summed E-state index contributed by atoms with van der Waals surface area (Å²) in [6.07, 6.45) is 7.38. The Morgan fingerprint density at radius 1 is 1.35 bits per heavy atom. The normalized spacial score (nSPS) is 12.0. The summed E-state index contributed by atoms with van der Waals surface area (Å²) in [7, 11) is 3.74. The molecule has 1 heterocycles. The molecule has 0 saturated heterocycles. The highest BCUT2D eigenvalue weighted by Gasteiger charge is 2.21. The Bertz CT molecular complexity index is 320. The van der Waals surface area contributed by atoms with E-state index in [0.717, 1.165) is 19.6 Å². The fourth-order valence-corrected chi connectivity index (χ4v) is 1.85. The highest BCUT2D eigenvalue weighted by Crippen LogP contribution is 2.19. The van der Waals surface area contributed by atoms with Crippen molar-refractivity contribution in [3.63, 3.8) is 0 Å². The van der Waals surface area contributed by atoms with Gasteiger partial charge in [-0.2, -0.15) is 0 Å². The lowest BCUT2D eigenvalue weighted by Crippen LogP contribution is -2.35. The van der Waals surface area contributed by atoms with Crippen LogP contribution < -0.4 is 5.32 Å². The predicted molar refractivity (Wildman–Crippen MR) is 70.0 cm³/mol. The lowest BCUT2D eigenvalue weighted by atomic mass is 10.0. The first-order valence-corrected chi connectivity index (χ1v) is 6.30. The van der Waals surface area contributed by atoms with E-state index >= 15 is 0 Å². The summed E-state index contributed by atoms with van der Waals surface area (Å²) in [5.41, 5.74) is 1.22. The van der Waals surface area contributed by atoms with Crippen LogP contribution in [0.3, 0.4) is 0 Å². The van der Waals surface area contributed by atoms with Gasteiger partial charge in [0.15, 0.2) is 0 Å². The van der Waals surface area contributed by atoms with Crippen LogP contribution in [0.15, 0.2) is 12.5 Å². The minimum atomic E-state index is -0.0248. The summed E-state index contributed by atoms with van der Waals surface area (Å²) in [5.74, 6) is 0. The Hall–Kier alpha value is -0.870. The van der Waals surface area contributed by atoms with E-state index in [1.807, 2.05) is 19.6 Å². The van der Waals surface area contributed by atoms with E-state index in [0.29, 0.717) is 0 Å². The second-order valence-corrected chi connectivity index (χ2v) is 4.90. The smallest absolute Gasteiger partial charge is 0.0948 e. The number of hydrogen-bond donors (Lipinski definition) is 1. The third-order valence-corrected chi connectivity index (χ3v) is 3.23. The molecule has 4 nitrogen and oxygen atoms in total. The van der Waals surface area contributed by atoms with Gasteiger partial charge in [0, 0.05) is 26.5 Å². The van der Waals surface area contributed by atoms with Gasteiger partial charge in [-0.25, -0.2) is 4.98 Å². The van der Waals surface area contributed by atoms with Crippen molar-refractivity contribution in [1.29, 1.82) is 0 Å². The monoisotopic (exact) mass is 239 g/mol. The van der Waals surface area contributed by atoms with E-state index < -0.39 is 0 Å². The van der Waals surface area contributed by atoms with Crippen molar-refractivity contribution < 1.29 is 4.74 Å². The average molecular weight is 239 g/mol. The van der Waals surface area contributed by atoms with Crippen LogP contribution in [0, 0.1) is 0 Å². The average Bonchev–Trinajstić information content (AvgIpc) is 2.78. The van der Waals surface area contributed by atoms with Gasteiger partial charge in [0.2, 0.25) is 0 Å². The highest BCUT2D eigenvalue weighted by atomic mass is 16.5. The van der Waals surface area contributed by atoms with Crippen LogP contribution in [0.5, 0.6) is 0 Å². The number of aryl methyl sites for hydroxylation is 1. The first-order chi connectivity index (χ1) is 8.11. The fraction of sp³-hybridized carbons (Fsp3) is 0.769. The summed E-state index contributed by atoms with van der Waals surface area (Å²) in [6, 6.07) is 0. The zero-order valence-corrected chi connectivity index (χ0v) is 11.5. The molecule has 1 aromatic heterocycles. The lowest BCUT2D eigenvalue weighted by molar-refractivity contribution is 0.191. The molecule has 0 aliphatic heterocycles. The van der Waals surface area contributed by atoms with Gasteiger partial charge in [0.05, 0.1) is 17.6 Å². The minimum absolute atomic E-state index is 0.0248. The van der Waals surface area contributed by atoms with Gasteiger partial charge in [-0.1, -0.05) is 0 Å². The molecule has 1 N–H and O–H groups in total. The standard InChI is InChI=1S/C13H25N3O/c1-13(2,14-3)12-10-15-11-16(12)8-6-5-7-9-17-4/h10-11,14H,5-9H2,1-4H3. The van der Waals surface area contributed by atoms with E-state index in [2.05, 4.69) is 28.7 Å². The van der Waals surface area contributed by atoms with Crippen molar-refractivity contribution in [3.05, 3.63) is 18.2 Å². The molecule has 0 aromatic carbocycles. The Morgan fingerprint density at radius 2 is 2.12 bits per heavy atom. The van der Waals surface area contributed by atoms with Crippen molar-refractivity contribution in [1.82, 2.24) is 14.9 Å². The van der Waals surface area contributed by atoms with Gasteiger partial charge in [-0.3, -0.25) is 0 Å². The third kappa shape index (κ3) is 4.13. The van der Waals surface area contributed by atoms with Gasteiger partial charge in [-0.05, 0) is 40.2 Å². The number of nitrogens with zero attached hydrogens (tertiary/aromatic N) is 2. The van der Waals surface area contributed by atoms with Gasteiger partial charge in [-0.15, -0.1) is 0 Å². The molecule has 1 rings (SSSR count). The maximum absolute atomic E-state index is 5.05. The van der Waals surface area contributed by atoms with Crippen LogP contribution in [0.1, 0.15) is 38.8 Å². The van der Waals surface area contributed by atoms with Crippen LogP contribution in [0.4, 0.5) is 0 Å². The summed E-state index contributed by atoms with van der Waals surface area (Å²) in [5, 5.41) is 3.31. The number of nitrogens with one attached hydrogen (secondary N) is 1. The molecule has 0 fully saturated rings. The van der Waals surface area contributed by atoms with Crippen molar-refractivity contribution >= 4 is 0 Å². The van der Waals surface area contributed by atoms with Crippen molar-refractivity contribution in [3.8, 4) is 0 Å². The van der Waals surface area contributed by atoms with E-state index in [1.54, 1.807) is 7.11 Å². The number of imidazole rings is 1. The summed E-state index contributed by atoms with van der Waals surface area (Å²) < 4.78 is 7.28. The molecule has 0 radical (unpaired) electrons. The van der Waals surface area contributed by atoms with Crippen LogP contribution in [0.25, 0.3) is 0 Å². The zero-order chi connectivity index (χ0) is 12.7. The van der Waals surface area contributed by atoms with Gasteiger partial charge < -0.3 is 14.6 Å². The van der Waals surface area contributed by atoms with E-state index in [1.165, 1.54) is 18.5 Å². The number of hydrogen-bond acceptors (Lipinski definition) is 3. The minimum Gasteiger partial charge on any atom is -0.385 e. The molecule has 0 aliphatic carbocycles. The summed E-state index contributed by atoms with van der Waals surface area (Å²) >= 11 is 0. The number of ether oxygens (including phenoxy) is 1. The van der Waals surface area contributed by atoms with E-state index in [4.69, 9.17) is 4.74 Å². The van der Waals surface area contributed by atoms with Crippen LogP contribution >= 0.6 is 0 Å². The molecular weight excluding hydrogens is 214 g/mol. The fourth-order valence-electron chi connectivity index (χ4n) is 1.85. The quantitative estimate of drug-likeness (QED) is 0.707. The zero-order valence-electron chi connectivity index (χ0n) is 11.5. The number of methoxy groups -OCH3 is 1. The van der Waals surface area contributed by atoms with Crippen molar-refractivity contribution in [2.75, 3.05) is 20.8 Å². The largest absolute Gasteiger partial charge is 0.385 e. The number of unbranched alkanes of at least 4 members (excludes halogenated alkanes) is 2. The molecule has 0 atom stereocenters. The number of rotatable bonds is 8. The van der Waals surface area contributed by atoms with Gasteiger partial charge >= 0.3 is 0 Å². The maximum Gasteiger partial charge on any atom is 0.0948 e. The van der Waals surface area contributed by atoms with Crippen molar-refractivity contribution in [2.24, 2.45) is 0 Å². The van der Waals surface area contributed by atoms with Crippen LogP contribution in [0.2, 0.25) is 0 Å². The molecule has 0 spiro atoms. The first-order valence-electron chi connectivity index (χ1n) is 6.30. The molecule has 17 heavy (non-hydrogen) atoms. The highest BCUT2D eigenvalue weighted by molar-refractivity contribution is 5.10. The van der Waals surface area contributed by atoms with Gasteiger partial charge in [0.1, 0.15) is 0 Å². The molecule has 1 aromatic rings. The molecule has 0 amide bonds. The molecular formula is C13H25N3O. The second kappa shape index (κ2) is 6.77. The molecule has 0 aliphatic rings. The van der Waals surface area contributed by atoms with Crippen molar-refractivity contribution in [2.45, 2.75) is 45.2 Å². The molecule has 98 valence electrons. The predicted octanol–water partition coefficient (Wildman–Crippen LogP) is 2.15. The Kier molecular flexibility index (Phi) is 5.65. The topological polar surface area (TPSA) is 39.1 Å². The second-order valence-electron chi connectivity index (χ2n) is 4.90. The number of aromatic nitrogens is 2. The van der Waals surface area contributed by atoms with Crippen LogP contribution in [-0.4, -0.2) is 30.3 Å². The molecule has 0 saturated carbocycles. The maximum atomic E-state index is 5.05. The Labute approximate surface area is 104 Å². The van der Waals surface area contributed by atoms with E-state index in [-0.39, 0.29) is 5.54 Å². The molecule has 0 bridgehead atoms. The Balaban J connectivity index is 2.46. The van der Waals surface area contributed by atoms with E-state index in [9.17, 15) is 0 Å². The lowest BCUT2D eigenvalue weighted by Gasteiger charge is -2.25. The third-order valence-electron chi connectivity index (χ3n) is 3.23.